The molecule has 0 bridgehead atoms. The first kappa shape index (κ1) is 19.1. The Morgan fingerprint density at radius 2 is 1.78 bits per heavy atom. The first-order valence-electron chi connectivity index (χ1n) is 9.68. The topological polar surface area (TPSA) is 18.5 Å². The van der Waals surface area contributed by atoms with E-state index in [0.29, 0.717) is 17.4 Å². The first-order chi connectivity index (χ1) is 10.9. The third-order valence-corrected chi connectivity index (χ3v) is 5.07. The minimum absolute atomic E-state index is 0.0570. The van der Waals surface area contributed by atoms with Crippen LogP contribution in [-0.2, 0) is 9.47 Å². The Balaban J connectivity index is 1.75. The molecule has 0 saturated heterocycles. The molecule has 1 fully saturated rings. The van der Waals surface area contributed by atoms with E-state index in [9.17, 15) is 0 Å². The highest BCUT2D eigenvalue weighted by molar-refractivity contribution is 6.38. The Bertz CT molecular complexity index is 366. The van der Waals surface area contributed by atoms with Crippen LogP contribution < -0.4 is 0 Å². The van der Waals surface area contributed by atoms with Gasteiger partial charge in [-0.25, -0.2) is 0 Å². The number of hydrogen-bond donors (Lipinski definition) is 0. The van der Waals surface area contributed by atoms with E-state index in [2.05, 4.69) is 54.1 Å². The fourth-order valence-corrected chi connectivity index (χ4v) is 3.75. The van der Waals surface area contributed by atoms with Gasteiger partial charge in [-0.2, -0.15) is 0 Å². The summed E-state index contributed by atoms with van der Waals surface area (Å²) in [5.74, 6) is 1.53. The summed E-state index contributed by atoms with van der Waals surface area (Å²) in [6.07, 6.45) is 13.2. The molecule has 0 aromatic heterocycles. The average molecular weight is 319 g/mol. The van der Waals surface area contributed by atoms with E-state index in [1.54, 1.807) is 0 Å². The molecule has 3 atom stereocenters. The van der Waals surface area contributed by atoms with Crippen molar-refractivity contribution in [1.82, 2.24) is 0 Å². The molecule has 0 amide bonds. The van der Waals surface area contributed by atoms with Crippen molar-refractivity contribution in [3.63, 3.8) is 0 Å². The molecule has 1 aliphatic heterocycles. The maximum absolute atomic E-state index is 6.22. The normalized spacial score (nSPS) is 33.3. The van der Waals surface area contributed by atoms with Crippen LogP contribution >= 0.6 is 0 Å². The molecule has 0 aromatic carbocycles. The highest BCUT2D eigenvalue weighted by atomic mass is 16.7. The second kappa shape index (κ2) is 8.71. The molecule has 2 aliphatic rings. The van der Waals surface area contributed by atoms with Gasteiger partial charge in [0.1, 0.15) is 0 Å². The predicted molar refractivity (Wildman–Crippen MR) is 98.7 cm³/mol. The zero-order valence-electron chi connectivity index (χ0n) is 15.9. The third-order valence-electron chi connectivity index (χ3n) is 5.07. The van der Waals surface area contributed by atoms with Crippen LogP contribution in [0.5, 0.6) is 0 Å². The molecular weight excluding hydrogens is 283 g/mol. The lowest BCUT2D eigenvalue weighted by Gasteiger charge is -2.33. The molecule has 0 N–H and O–H groups in total. The van der Waals surface area contributed by atoms with Crippen LogP contribution in [0.4, 0.5) is 0 Å². The molecule has 23 heavy (non-hydrogen) atoms. The monoisotopic (exact) mass is 319 g/mol. The molecule has 3 heteroatoms. The highest BCUT2D eigenvalue weighted by Crippen LogP contribution is 2.31. The van der Waals surface area contributed by atoms with E-state index in [1.165, 1.54) is 32.1 Å². The summed E-state index contributed by atoms with van der Waals surface area (Å²) in [7, 11) is 2.32. The lowest BCUT2D eigenvalue weighted by Crippen LogP contribution is -2.34. The van der Waals surface area contributed by atoms with Crippen LogP contribution in [-0.4, -0.2) is 25.7 Å². The summed E-state index contributed by atoms with van der Waals surface area (Å²) in [5, 5.41) is 0. The Labute approximate surface area is 144 Å². The van der Waals surface area contributed by atoms with Crippen LogP contribution in [0, 0.1) is 17.3 Å². The van der Waals surface area contributed by atoms with Crippen LogP contribution in [0.3, 0.4) is 0 Å². The maximum Gasteiger partial charge on any atom is 0.157 e. The van der Waals surface area contributed by atoms with Gasteiger partial charge in [0.25, 0.3) is 0 Å². The second-order valence-corrected chi connectivity index (χ2v) is 8.84. The molecule has 1 aliphatic carbocycles. The van der Waals surface area contributed by atoms with Gasteiger partial charge in [0, 0.05) is 6.00 Å². The van der Waals surface area contributed by atoms with Gasteiger partial charge in [-0.1, -0.05) is 53.1 Å². The molecule has 131 valence electrons. The summed E-state index contributed by atoms with van der Waals surface area (Å²) in [4.78, 5) is 0. The number of ether oxygens (including phenoxy) is 2. The fraction of sp³-hybridized carbons (Fsp3) is 0.900. The number of rotatable bonds is 6. The molecule has 1 saturated carbocycles. The van der Waals surface area contributed by atoms with Gasteiger partial charge in [-0.05, 0) is 55.8 Å². The molecule has 0 aromatic rings. The van der Waals surface area contributed by atoms with Gasteiger partial charge in [-0.15, -0.1) is 0 Å². The molecule has 1 heterocycles. The van der Waals surface area contributed by atoms with Gasteiger partial charge in [0.15, 0.2) is 13.6 Å². The Hall–Kier alpha value is -0.275. The van der Waals surface area contributed by atoms with E-state index < -0.39 is 0 Å². The fourth-order valence-electron chi connectivity index (χ4n) is 3.75. The predicted octanol–water partition coefficient (Wildman–Crippen LogP) is 5.41. The molecular formula is C20H36BO2. The van der Waals surface area contributed by atoms with Crippen molar-refractivity contribution in [1.29, 1.82) is 0 Å². The van der Waals surface area contributed by atoms with Crippen molar-refractivity contribution in [3.05, 3.63) is 12.2 Å². The van der Waals surface area contributed by atoms with Crippen LogP contribution in [0.1, 0.15) is 73.1 Å². The van der Waals surface area contributed by atoms with Crippen LogP contribution in [0.2, 0.25) is 6.32 Å². The van der Waals surface area contributed by atoms with Crippen molar-refractivity contribution in [2.45, 2.75) is 97.9 Å². The quantitative estimate of drug-likeness (QED) is 0.370. The maximum atomic E-state index is 6.22. The summed E-state index contributed by atoms with van der Waals surface area (Å²) in [5.41, 5.74) is 0.393. The minimum atomic E-state index is -0.0570. The molecule has 3 unspecified atom stereocenters. The van der Waals surface area contributed by atoms with E-state index in [4.69, 9.17) is 9.47 Å². The zero-order valence-corrected chi connectivity index (χ0v) is 15.9. The average Bonchev–Trinajstić information content (AvgIpc) is 2.49. The summed E-state index contributed by atoms with van der Waals surface area (Å²) in [6.45, 7) is 11.4. The van der Waals surface area contributed by atoms with Gasteiger partial charge < -0.3 is 9.47 Å². The van der Waals surface area contributed by atoms with Gasteiger partial charge >= 0.3 is 0 Å². The largest absolute Gasteiger partial charge is 0.355 e. The van der Waals surface area contributed by atoms with E-state index >= 15 is 0 Å². The third kappa shape index (κ3) is 7.01. The molecule has 2 rings (SSSR count). The summed E-state index contributed by atoms with van der Waals surface area (Å²) < 4.78 is 12.4. The van der Waals surface area contributed by atoms with Gasteiger partial charge in [0.05, 0.1) is 6.10 Å². The smallest absolute Gasteiger partial charge is 0.157 e. The van der Waals surface area contributed by atoms with E-state index in [1.807, 2.05) is 0 Å². The van der Waals surface area contributed by atoms with Gasteiger partial charge in [-0.3, -0.25) is 0 Å². The second-order valence-electron chi connectivity index (χ2n) is 8.84. The van der Waals surface area contributed by atoms with Crippen LogP contribution in [0.15, 0.2) is 12.2 Å². The first-order valence-corrected chi connectivity index (χ1v) is 9.68. The number of allylic oxidation sites excluding steroid dienone is 1. The standard InChI is InChI=1S/C20H36BO2/c1-6-19(22-17-10-7-15(2)8-11-17)23-18-12-9-16(14-21-18)13-20(3,4)5/h9,12,15-19H,6-8,10-11,13-14H2,1-5H3. The molecule has 1 radical (unpaired) electrons. The van der Waals surface area contributed by atoms with Crippen molar-refractivity contribution < 1.29 is 9.47 Å². The minimum Gasteiger partial charge on any atom is -0.355 e. The molecule has 2 nitrogen and oxygen atoms in total. The lowest BCUT2D eigenvalue weighted by atomic mass is 9.59. The summed E-state index contributed by atoms with van der Waals surface area (Å²) >= 11 is 0. The zero-order chi connectivity index (χ0) is 16.9. The van der Waals surface area contributed by atoms with Crippen molar-refractivity contribution in [2.75, 3.05) is 0 Å². The van der Waals surface area contributed by atoms with Gasteiger partial charge in [0.2, 0.25) is 0 Å². The van der Waals surface area contributed by atoms with Crippen molar-refractivity contribution in [2.24, 2.45) is 17.3 Å². The van der Waals surface area contributed by atoms with E-state index in [0.717, 1.165) is 18.7 Å². The number of hydrogen-bond acceptors (Lipinski definition) is 2. The SMILES string of the molecule is CCC(OC1[B]CC(CC(C)(C)C)C=C1)OC1CCC(C)CC1. The van der Waals surface area contributed by atoms with E-state index in [-0.39, 0.29) is 12.3 Å². The van der Waals surface area contributed by atoms with Crippen molar-refractivity contribution in [3.8, 4) is 0 Å². The van der Waals surface area contributed by atoms with Crippen molar-refractivity contribution >= 4 is 7.28 Å². The Morgan fingerprint density at radius 1 is 1.09 bits per heavy atom. The Kier molecular flexibility index (Phi) is 7.22. The van der Waals surface area contributed by atoms with Crippen LogP contribution in [0.25, 0.3) is 0 Å². The Morgan fingerprint density at radius 3 is 2.30 bits per heavy atom. The molecule has 0 spiro atoms. The highest BCUT2D eigenvalue weighted by Gasteiger charge is 2.26. The lowest BCUT2D eigenvalue weighted by molar-refractivity contribution is -0.181. The summed E-state index contributed by atoms with van der Waals surface area (Å²) in [6, 6.07) is 0.124.